The van der Waals surface area contributed by atoms with E-state index in [1.165, 1.54) is 16.7 Å². The molecule has 0 bridgehead atoms. The van der Waals surface area contributed by atoms with Crippen molar-refractivity contribution in [1.29, 1.82) is 0 Å². The minimum Gasteiger partial charge on any atom is -0.477 e. The minimum absolute atomic E-state index is 0. The predicted molar refractivity (Wildman–Crippen MR) is 219 cm³/mol. The van der Waals surface area contributed by atoms with Crippen LogP contribution in [0, 0.1) is 5.92 Å². The van der Waals surface area contributed by atoms with Crippen LogP contribution in [0.15, 0.2) is 124 Å². The summed E-state index contributed by atoms with van der Waals surface area (Å²) in [7, 11) is 0. The van der Waals surface area contributed by atoms with Gasteiger partial charge in [-0.1, -0.05) is 96.2 Å². The first-order valence-corrected chi connectivity index (χ1v) is 19.3. The maximum atomic E-state index is 14.3. The van der Waals surface area contributed by atoms with Crippen LogP contribution in [0.25, 0.3) is 0 Å². The van der Waals surface area contributed by atoms with E-state index >= 15 is 0 Å². The van der Waals surface area contributed by atoms with Gasteiger partial charge in [0.2, 0.25) is 11.5 Å². The fourth-order valence-electron chi connectivity index (χ4n) is 7.37. The Morgan fingerprint density at radius 1 is 0.946 bits per heavy atom. The third-order valence-electron chi connectivity index (χ3n) is 10.0. The van der Waals surface area contributed by atoms with E-state index in [2.05, 4.69) is 26.1 Å². The van der Waals surface area contributed by atoms with Crippen LogP contribution in [-0.2, 0) is 29.6 Å². The number of aliphatic carboxylic acids is 1. The van der Waals surface area contributed by atoms with Crippen molar-refractivity contribution in [1.82, 2.24) is 25.8 Å². The first-order valence-electron chi connectivity index (χ1n) is 17.4. The number of carboxylic acids is 1. The maximum absolute atomic E-state index is 14.3. The molecule has 0 radical (unpaired) electrons. The molecular weight excluding hydrogens is 798 g/mol. The van der Waals surface area contributed by atoms with Crippen LogP contribution in [0.2, 0.25) is 0 Å². The lowest BCUT2D eigenvalue weighted by atomic mass is 9.80. The number of thiazole rings is 1. The second-order valence-electron chi connectivity index (χ2n) is 13.1. The number of benzene rings is 3. The van der Waals surface area contributed by atoms with Gasteiger partial charge in [0.1, 0.15) is 22.8 Å². The highest BCUT2D eigenvalue weighted by molar-refractivity contribution is 8.00. The fourth-order valence-corrected chi connectivity index (χ4v) is 9.29. The average Bonchev–Trinajstić information content (AvgIpc) is 3.81. The van der Waals surface area contributed by atoms with Crippen LogP contribution in [0.5, 0.6) is 0 Å². The molecule has 4 aliphatic heterocycles. The number of nitrogens with zero attached hydrogens (tertiary/aromatic N) is 3. The van der Waals surface area contributed by atoms with Crippen LogP contribution in [-0.4, -0.2) is 81.2 Å². The number of oxime groups is 1. The number of nitrogen functional groups attached to an aromatic ring is 1. The van der Waals surface area contributed by atoms with Crippen molar-refractivity contribution < 1.29 is 29.1 Å². The smallest absolute Gasteiger partial charge is 0.352 e. The molecule has 56 heavy (non-hydrogen) atoms. The number of amides is 3. The Hall–Kier alpha value is -5.19. The van der Waals surface area contributed by atoms with E-state index in [0.29, 0.717) is 42.8 Å². The summed E-state index contributed by atoms with van der Waals surface area (Å²) in [5.41, 5.74) is 8.44. The Balaban J connectivity index is 0.00000266. The predicted octanol–water partition coefficient (Wildman–Crippen LogP) is 4.06. The summed E-state index contributed by atoms with van der Waals surface area (Å²) >= 11 is 2.45. The Labute approximate surface area is 342 Å². The zero-order valence-electron chi connectivity index (χ0n) is 29.5. The maximum Gasteiger partial charge on any atom is 0.352 e. The molecule has 3 amide bonds. The molecule has 5 heterocycles. The van der Waals surface area contributed by atoms with Crippen molar-refractivity contribution in [2.45, 2.75) is 23.4 Å². The number of carbonyl (C=O) groups is 4. The van der Waals surface area contributed by atoms with E-state index < -0.39 is 34.8 Å². The number of β-lactam (4-membered cyclic amide) rings is 1. The van der Waals surface area contributed by atoms with Crippen molar-refractivity contribution in [3.63, 3.8) is 0 Å². The van der Waals surface area contributed by atoms with Crippen LogP contribution in [0.3, 0.4) is 0 Å². The minimum atomic E-state index is -1.31. The first-order chi connectivity index (χ1) is 26.3. The summed E-state index contributed by atoms with van der Waals surface area (Å²) in [6, 6.07) is 27.5. The summed E-state index contributed by atoms with van der Waals surface area (Å²) in [6.07, 6.45) is 0.479. The van der Waals surface area contributed by atoms with Crippen molar-refractivity contribution in [3.05, 3.63) is 141 Å². The number of hydrogen-bond acceptors (Lipinski definition) is 11. The summed E-state index contributed by atoms with van der Waals surface area (Å²) < 4.78 is 0. The summed E-state index contributed by atoms with van der Waals surface area (Å²) in [6.45, 7) is 1.69. The average molecular weight is 835 g/mol. The lowest BCUT2D eigenvalue weighted by Gasteiger charge is -2.50. The molecule has 0 spiro atoms. The number of carboxylic acid groups (broad SMARTS) is 1. The highest BCUT2D eigenvalue weighted by atomic mass is 35.5. The molecule has 3 fully saturated rings. The lowest BCUT2D eigenvalue weighted by Crippen LogP contribution is -2.71. The van der Waals surface area contributed by atoms with Gasteiger partial charge < -0.3 is 31.6 Å². The molecule has 0 saturated carbocycles. The van der Waals surface area contributed by atoms with Gasteiger partial charge in [-0.2, -0.15) is 0 Å². The number of thioether (sulfide) groups is 1. The number of rotatable bonds is 11. The number of hydrogen-bond donors (Lipinski definition) is 5. The van der Waals surface area contributed by atoms with Crippen molar-refractivity contribution in [2.24, 2.45) is 11.1 Å². The van der Waals surface area contributed by atoms with Gasteiger partial charge in [-0.05, 0) is 17.6 Å². The number of aromatic nitrogens is 1. The van der Waals surface area contributed by atoms with Gasteiger partial charge >= 0.3 is 5.97 Å². The number of halogens is 2. The molecule has 4 aliphatic rings. The molecule has 290 valence electrons. The standard InChI is InChI=1S/C39H35N7O6S2.2ClH/c40-38-43-28(21-54-38)30(45-52-39(23-10-4-1-5-11-23,24-12-6-2-7-13-24)25-14-8-3-9-15-25)34(48)44-31-35(49)46-32(37(50)51)27(20-53-36(31)46)29(22-18-41-19-22)26-16-17-42-33(26)47;;/h1-15,21-22,31,36,41H,16-20H2,(H2,40,43)(H,42,47)(H,44,48)(H,50,51);2*1H/t31-,36-;;/m1../s1. The molecule has 3 aromatic carbocycles. The van der Waals surface area contributed by atoms with E-state index in [-0.39, 0.29) is 64.6 Å². The van der Waals surface area contributed by atoms with Gasteiger partial charge in [0.25, 0.3) is 11.8 Å². The van der Waals surface area contributed by atoms with E-state index in [4.69, 9.17) is 10.6 Å². The zero-order valence-corrected chi connectivity index (χ0v) is 32.8. The monoisotopic (exact) mass is 833 g/mol. The topological polar surface area (TPSA) is 188 Å². The first kappa shape index (κ1) is 40.5. The largest absolute Gasteiger partial charge is 0.477 e. The quantitative estimate of drug-likeness (QED) is 0.0485. The lowest BCUT2D eigenvalue weighted by molar-refractivity contribution is -0.150. The fraction of sp³-hybridized carbons (Fsp3) is 0.231. The molecule has 17 heteroatoms. The number of nitrogens with two attached hydrogens (primary N) is 1. The van der Waals surface area contributed by atoms with Crippen LogP contribution in [0.4, 0.5) is 5.13 Å². The highest BCUT2D eigenvalue weighted by Crippen LogP contribution is 2.45. The number of anilines is 1. The molecule has 0 unspecified atom stereocenters. The van der Waals surface area contributed by atoms with E-state index in [9.17, 15) is 24.3 Å². The summed E-state index contributed by atoms with van der Waals surface area (Å²) in [5.74, 6) is -2.63. The van der Waals surface area contributed by atoms with Gasteiger partial charge in [0, 0.05) is 58.9 Å². The van der Waals surface area contributed by atoms with Gasteiger partial charge in [-0.25, -0.2) is 9.78 Å². The molecular formula is C39H37Cl2N7O6S2. The van der Waals surface area contributed by atoms with Gasteiger partial charge in [-0.15, -0.1) is 47.9 Å². The summed E-state index contributed by atoms with van der Waals surface area (Å²) in [4.78, 5) is 65.9. The molecule has 3 saturated heterocycles. The molecule has 8 rings (SSSR count). The second-order valence-corrected chi connectivity index (χ2v) is 15.1. The normalized spacial score (nSPS) is 20.4. The van der Waals surface area contributed by atoms with Gasteiger partial charge in [0.15, 0.2) is 10.8 Å². The molecule has 1 aromatic heterocycles. The number of fused-ring (bicyclic) bond motifs is 1. The van der Waals surface area contributed by atoms with E-state index in [1.807, 2.05) is 91.0 Å². The number of nitrogens with one attached hydrogen (secondary N) is 3. The van der Waals surface area contributed by atoms with E-state index in [0.717, 1.165) is 28.0 Å². The number of carbonyl (C=O) groups excluding carboxylic acids is 3. The molecule has 2 atom stereocenters. The van der Waals surface area contributed by atoms with Gasteiger partial charge in [-0.3, -0.25) is 19.3 Å². The van der Waals surface area contributed by atoms with Crippen LogP contribution < -0.4 is 21.7 Å². The third-order valence-corrected chi connectivity index (χ3v) is 12.0. The Kier molecular flexibility index (Phi) is 12.2. The third kappa shape index (κ3) is 7.16. The van der Waals surface area contributed by atoms with Crippen LogP contribution in [0.1, 0.15) is 28.8 Å². The van der Waals surface area contributed by atoms with Crippen molar-refractivity contribution in [3.8, 4) is 0 Å². The van der Waals surface area contributed by atoms with Crippen molar-refractivity contribution >= 4 is 82.4 Å². The molecule has 4 aromatic rings. The van der Waals surface area contributed by atoms with Gasteiger partial charge in [0.05, 0.1) is 0 Å². The molecule has 13 nitrogen and oxygen atoms in total. The second kappa shape index (κ2) is 16.9. The molecule has 0 aliphatic carbocycles. The van der Waals surface area contributed by atoms with E-state index in [1.54, 1.807) is 5.38 Å². The Morgan fingerprint density at radius 2 is 1.54 bits per heavy atom. The highest BCUT2D eigenvalue weighted by Gasteiger charge is 2.55. The zero-order chi connectivity index (χ0) is 37.4. The van der Waals surface area contributed by atoms with Crippen molar-refractivity contribution in [2.75, 3.05) is 31.1 Å². The Bertz CT molecular complexity index is 2140. The molecule has 6 N–H and O–H groups in total. The SMILES string of the molecule is Cl.Cl.Nc1nc(C(=NOC(c2ccccc2)(c2ccccc2)c2ccccc2)C(=O)N[C@@H]2C(=O)N3C(C(=O)O)=C(C(=C4CCNC4=O)C4CNC4)CS[C@H]23)cs1. The summed E-state index contributed by atoms with van der Waals surface area (Å²) in [5, 5.41) is 24.9. The Morgan fingerprint density at radius 3 is 2.00 bits per heavy atom. The van der Waals surface area contributed by atoms with Crippen LogP contribution >= 0.6 is 47.9 Å².